The van der Waals surface area contributed by atoms with Crippen molar-refractivity contribution in [3.63, 3.8) is 0 Å². The molecule has 0 radical (unpaired) electrons. The molecule has 7 heteroatoms. The number of ketones is 1. The fourth-order valence-electron chi connectivity index (χ4n) is 4.10. The fourth-order valence-corrected chi connectivity index (χ4v) is 4.10. The lowest BCUT2D eigenvalue weighted by atomic mass is 9.96. The molecule has 1 aromatic heterocycles. The number of aromatic hydroxyl groups is 1. The second-order valence-electron chi connectivity index (χ2n) is 8.54. The predicted molar refractivity (Wildman–Crippen MR) is 138 cm³/mol. The first-order valence-corrected chi connectivity index (χ1v) is 11.0. The van der Waals surface area contributed by atoms with Gasteiger partial charge in [0.1, 0.15) is 11.3 Å². The van der Waals surface area contributed by atoms with Crippen molar-refractivity contribution in [2.75, 3.05) is 30.0 Å². The quantitative estimate of drug-likeness (QED) is 0.283. The maximum Gasteiger partial charge on any atom is 0.265 e. The van der Waals surface area contributed by atoms with Crippen molar-refractivity contribution in [2.24, 2.45) is 7.05 Å². The lowest BCUT2D eigenvalue weighted by Gasteiger charge is -2.22. The molecule has 1 heterocycles. The molecule has 0 saturated carbocycles. The minimum absolute atomic E-state index is 0.0305. The van der Waals surface area contributed by atoms with Gasteiger partial charge in [-0.3, -0.25) is 9.59 Å². The molecule has 174 valence electrons. The number of hydrogen-bond donors (Lipinski definition) is 3. The monoisotopic (exact) mass is 456 g/mol. The molecule has 7 nitrogen and oxygen atoms in total. The summed E-state index contributed by atoms with van der Waals surface area (Å²) in [5, 5.41) is 14.7. The van der Waals surface area contributed by atoms with E-state index in [1.54, 1.807) is 43.4 Å². The maximum absolute atomic E-state index is 13.5. The van der Waals surface area contributed by atoms with Crippen molar-refractivity contribution in [3.8, 4) is 5.75 Å². The lowest BCUT2D eigenvalue weighted by Crippen LogP contribution is -2.26. The summed E-state index contributed by atoms with van der Waals surface area (Å²) in [7, 11) is 5.52. The topological polar surface area (TPSA) is 101 Å². The largest absolute Gasteiger partial charge is 0.506 e. The van der Waals surface area contributed by atoms with Gasteiger partial charge in [0.2, 0.25) is 0 Å². The molecule has 0 spiro atoms. The molecule has 4 rings (SSSR count). The highest BCUT2D eigenvalue weighted by atomic mass is 16.3. The van der Waals surface area contributed by atoms with E-state index in [0.29, 0.717) is 16.6 Å². The SMILES string of the molecule is CN(C)c1ccc(C(CC(=O)c2c(O)c3ccccc3n(C)c2=O)Nc2cccc(N)c2)cc1. The van der Waals surface area contributed by atoms with Gasteiger partial charge in [0.05, 0.1) is 11.6 Å². The molecule has 0 saturated heterocycles. The number of nitrogens with two attached hydrogens (primary N) is 1. The summed E-state index contributed by atoms with van der Waals surface area (Å²) in [6.45, 7) is 0. The van der Waals surface area contributed by atoms with Crippen molar-refractivity contribution >= 4 is 33.7 Å². The van der Waals surface area contributed by atoms with E-state index in [9.17, 15) is 14.7 Å². The van der Waals surface area contributed by atoms with Crippen LogP contribution in [0.3, 0.4) is 0 Å². The molecular weight excluding hydrogens is 428 g/mol. The van der Waals surface area contributed by atoms with Crippen molar-refractivity contribution in [2.45, 2.75) is 12.5 Å². The highest BCUT2D eigenvalue weighted by molar-refractivity contribution is 6.03. The number of benzene rings is 3. The first-order chi connectivity index (χ1) is 16.3. The summed E-state index contributed by atoms with van der Waals surface area (Å²) in [6, 6.07) is 21.7. The average molecular weight is 457 g/mol. The van der Waals surface area contributed by atoms with E-state index in [4.69, 9.17) is 5.73 Å². The standard InChI is InChI=1S/C27H28N4O3/c1-30(2)20-13-11-17(12-14-20)22(29-19-8-6-7-18(28)15-19)16-24(32)25-26(33)21-9-4-5-10-23(21)31(3)27(25)34/h4-15,22,29,33H,16,28H2,1-3H3. The molecule has 4 aromatic rings. The van der Waals surface area contributed by atoms with Crippen LogP contribution in [0.2, 0.25) is 0 Å². The van der Waals surface area contributed by atoms with Crippen molar-refractivity contribution in [3.05, 3.63) is 94.3 Å². The first kappa shape index (κ1) is 22.9. The second kappa shape index (κ2) is 9.31. The number of para-hydroxylation sites is 1. The van der Waals surface area contributed by atoms with E-state index in [-0.39, 0.29) is 17.7 Å². The van der Waals surface area contributed by atoms with Gasteiger partial charge in [-0.2, -0.15) is 0 Å². The predicted octanol–water partition coefficient (Wildman–Crippen LogP) is 4.32. The number of fused-ring (bicyclic) bond motifs is 1. The fraction of sp³-hybridized carbons (Fsp3) is 0.185. The molecular formula is C27H28N4O3. The average Bonchev–Trinajstić information content (AvgIpc) is 2.82. The van der Waals surface area contributed by atoms with Crippen LogP contribution >= 0.6 is 0 Å². The Kier molecular flexibility index (Phi) is 6.27. The smallest absolute Gasteiger partial charge is 0.265 e. The number of hydrogen-bond acceptors (Lipinski definition) is 6. The highest BCUT2D eigenvalue weighted by Crippen LogP contribution is 2.30. The van der Waals surface area contributed by atoms with Crippen LogP contribution in [0.4, 0.5) is 17.1 Å². The summed E-state index contributed by atoms with van der Waals surface area (Å²) < 4.78 is 1.40. The lowest BCUT2D eigenvalue weighted by molar-refractivity contribution is 0.0972. The normalized spacial score (nSPS) is 11.9. The van der Waals surface area contributed by atoms with Gasteiger partial charge in [0.25, 0.3) is 5.56 Å². The van der Waals surface area contributed by atoms with Gasteiger partial charge < -0.3 is 25.6 Å². The Morgan fingerprint density at radius 2 is 1.76 bits per heavy atom. The van der Waals surface area contributed by atoms with E-state index < -0.39 is 17.4 Å². The molecule has 1 atom stereocenters. The molecule has 0 aliphatic carbocycles. The number of carbonyl (C=O) groups excluding carboxylic acids is 1. The van der Waals surface area contributed by atoms with Crippen molar-refractivity contribution in [1.29, 1.82) is 0 Å². The Morgan fingerprint density at radius 3 is 2.44 bits per heavy atom. The van der Waals surface area contributed by atoms with E-state index in [1.807, 2.05) is 55.4 Å². The molecule has 0 aliphatic heterocycles. The van der Waals surface area contributed by atoms with Crippen molar-refractivity contribution < 1.29 is 9.90 Å². The number of Topliss-reactive ketones (excluding diaryl/α,β-unsaturated/α-hetero) is 1. The van der Waals surface area contributed by atoms with E-state index in [0.717, 1.165) is 16.9 Å². The van der Waals surface area contributed by atoms with E-state index in [1.165, 1.54) is 4.57 Å². The zero-order valence-corrected chi connectivity index (χ0v) is 19.4. The Hall–Kier alpha value is -4.26. The van der Waals surface area contributed by atoms with Crippen LogP contribution in [0.25, 0.3) is 10.9 Å². The van der Waals surface area contributed by atoms with Gasteiger partial charge in [-0.05, 0) is 48.0 Å². The number of nitrogen functional groups attached to an aromatic ring is 1. The number of nitrogens with one attached hydrogen (secondary N) is 1. The Morgan fingerprint density at radius 1 is 1.06 bits per heavy atom. The van der Waals surface area contributed by atoms with Gasteiger partial charge in [0, 0.05) is 50.0 Å². The number of pyridine rings is 1. The van der Waals surface area contributed by atoms with Gasteiger partial charge >= 0.3 is 0 Å². The van der Waals surface area contributed by atoms with Crippen LogP contribution in [-0.2, 0) is 7.05 Å². The molecule has 0 aliphatic rings. The van der Waals surface area contributed by atoms with Crippen LogP contribution in [0.15, 0.2) is 77.6 Å². The molecule has 34 heavy (non-hydrogen) atoms. The van der Waals surface area contributed by atoms with Crippen LogP contribution in [-0.4, -0.2) is 29.6 Å². The number of aromatic nitrogens is 1. The minimum Gasteiger partial charge on any atom is -0.506 e. The van der Waals surface area contributed by atoms with Crippen LogP contribution in [0, 0.1) is 0 Å². The van der Waals surface area contributed by atoms with Crippen LogP contribution in [0.5, 0.6) is 5.75 Å². The maximum atomic E-state index is 13.5. The number of carbonyl (C=O) groups is 1. The molecule has 0 fully saturated rings. The summed E-state index contributed by atoms with van der Waals surface area (Å²) in [4.78, 5) is 28.5. The first-order valence-electron chi connectivity index (χ1n) is 11.0. The molecule has 1 unspecified atom stereocenters. The Bertz CT molecular complexity index is 1410. The Balaban J connectivity index is 1.74. The Labute approximate surface area is 198 Å². The number of rotatable bonds is 7. The van der Waals surface area contributed by atoms with Gasteiger partial charge in [-0.25, -0.2) is 0 Å². The molecule has 0 amide bonds. The third kappa shape index (κ3) is 4.45. The van der Waals surface area contributed by atoms with Gasteiger partial charge in [-0.15, -0.1) is 0 Å². The molecule has 3 aromatic carbocycles. The second-order valence-corrected chi connectivity index (χ2v) is 8.54. The zero-order valence-electron chi connectivity index (χ0n) is 19.4. The number of nitrogens with zero attached hydrogens (tertiary/aromatic N) is 2. The van der Waals surface area contributed by atoms with Crippen LogP contribution in [0.1, 0.15) is 28.4 Å². The summed E-state index contributed by atoms with van der Waals surface area (Å²) in [6.07, 6.45) is -0.0305. The summed E-state index contributed by atoms with van der Waals surface area (Å²) in [5.41, 5.74) is 9.03. The van der Waals surface area contributed by atoms with Crippen molar-refractivity contribution in [1.82, 2.24) is 4.57 Å². The van der Waals surface area contributed by atoms with Gasteiger partial charge in [0.15, 0.2) is 5.78 Å². The number of aryl methyl sites for hydroxylation is 1. The number of anilines is 3. The summed E-state index contributed by atoms with van der Waals surface area (Å²) >= 11 is 0. The van der Waals surface area contributed by atoms with E-state index in [2.05, 4.69) is 5.32 Å². The van der Waals surface area contributed by atoms with Crippen LogP contribution < -0.4 is 21.5 Å². The third-order valence-corrected chi connectivity index (χ3v) is 5.98. The van der Waals surface area contributed by atoms with E-state index >= 15 is 0 Å². The van der Waals surface area contributed by atoms with Gasteiger partial charge in [-0.1, -0.05) is 30.3 Å². The zero-order chi connectivity index (χ0) is 24.4. The summed E-state index contributed by atoms with van der Waals surface area (Å²) in [5.74, 6) is -0.726. The third-order valence-electron chi connectivity index (χ3n) is 5.98. The minimum atomic E-state index is -0.521. The highest BCUT2D eigenvalue weighted by Gasteiger charge is 2.25. The molecule has 4 N–H and O–H groups in total. The molecule has 0 bridgehead atoms.